The summed E-state index contributed by atoms with van der Waals surface area (Å²) < 4.78 is 22.3. The molecule has 1 aromatic carbocycles. The molecule has 0 unspecified atom stereocenters. The van der Waals surface area contributed by atoms with Crippen molar-refractivity contribution in [2.75, 3.05) is 26.3 Å². The summed E-state index contributed by atoms with van der Waals surface area (Å²) in [6.45, 7) is 10.6. The maximum atomic E-state index is 12.9. The van der Waals surface area contributed by atoms with Crippen LogP contribution in [0, 0.1) is 11.8 Å². The Morgan fingerprint density at radius 2 is 1.89 bits per heavy atom. The van der Waals surface area contributed by atoms with Crippen LogP contribution in [0.2, 0.25) is 0 Å². The number of alkyl carbamates (subject to hydrolysis) is 1. The molecule has 0 bridgehead atoms. The Bertz CT molecular complexity index is 887. The van der Waals surface area contributed by atoms with Crippen LogP contribution in [0.25, 0.3) is 0 Å². The molecule has 2 aliphatic heterocycles. The van der Waals surface area contributed by atoms with Gasteiger partial charge in [-0.05, 0) is 57.2 Å². The molecule has 10 nitrogen and oxygen atoms in total. The number of nitrogens with zero attached hydrogens (tertiary/aromatic N) is 1. The van der Waals surface area contributed by atoms with E-state index in [2.05, 4.69) is 5.32 Å². The predicted molar refractivity (Wildman–Crippen MR) is 136 cm³/mol. The van der Waals surface area contributed by atoms with Gasteiger partial charge in [-0.3, -0.25) is 0 Å². The van der Waals surface area contributed by atoms with Crippen LogP contribution in [-0.2, 0) is 25.4 Å². The molecule has 2 amide bonds. The van der Waals surface area contributed by atoms with Crippen molar-refractivity contribution < 1.29 is 38.7 Å². The molecule has 2 heterocycles. The standard InChI is InChI=1S/C27H42N2O8/c1-6-17(2)14-29(26(33)37-27(3,4)5)15-22(31)21(13-18-7-9-19(30)10-8-18)28-25(32)36-23-16-35-24-20(23)11-12-34-24/h7-10,17,20-24,30-31H,6,11-16H2,1-5H3,(H,28,32)/t17-,20-,21-,22+,23-,24+/m0/s1. The molecule has 208 valence electrons. The number of benzene rings is 1. The van der Waals surface area contributed by atoms with Gasteiger partial charge in [0, 0.05) is 6.54 Å². The van der Waals surface area contributed by atoms with Crippen molar-refractivity contribution in [1.29, 1.82) is 0 Å². The van der Waals surface area contributed by atoms with Gasteiger partial charge >= 0.3 is 12.2 Å². The number of phenolic OH excluding ortho intramolecular Hbond substituents is 1. The third-order valence-electron chi connectivity index (χ3n) is 6.69. The van der Waals surface area contributed by atoms with Gasteiger partial charge in [-0.15, -0.1) is 0 Å². The topological polar surface area (TPSA) is 127 Å². The van der Waals surface area contributed by atoms with E-state index in [4.69, 9.17) is 18.9 Å². The van der Waals surface area contributed by atoms with Crippen LogP contribution in [-0.4, -0.2) is 83.7 Å². The maximum Gasteiger partial charge on any atom is 0.410 e. The SMILES string of the molecule is CC[C@H](C)CN(C[C@@H](O)[C@H](Cc1ccc(O)cc1)NC(=O)O[C@H]1CO[C@H]2OCC[C@H]21)C(=O)OC(C)(C)C. The Labute approximate surface area is 219 Å². The van der Waals surface area contributed by atoms with E-state index in [1.165, 1.54) is 4.90 Å². The van der Waals surface area contributed by atoms with E-state index in [-0.39, 0.29) is 43.4 Å². The monoisotopic (exact) mass is 522 g/mol. The van der Waals surface area contributed by atoms with Crippen LogP contribution < -0.4 is 5.32 Å². The molecule has 6 atom stereocenters. The third kappa shape index (κ3) is 8.76. The van der Waals surface area contributed by atoms with E-state index in [0.717, 1.165) is 18.4 Å². The average molecular weight is 523 g/mol. The molecule has 2 fully saturated rings. The van der Waals surface area contributed by atoms with Gasteiger partial charge in [0.05, 0.1) is 37.8 Å². The number of aromatic hydroxyl groups is 1. The highest BCUT2D eigenvalue weighted by atomic mass is 16.7. The van der Waals surface area contributed by atoms with Crippen molar-refractivity contribution >= 4 is 12.2 Å². The number of amides is 2. The molecule has 3 rings (SSSR count). The highest BCUT2D eigenvalue weighted by Gasteiger charge is 2.44. The summed E-state index contributed by atoms with van der Waals surface area (Å²) >= 11 is 0. The fourth-order valence-electron chi connectivity index (χ4n) is 4.45. The largest absolute Gasteiger partial charge is 0.508 e. The molecular formula is C27H42N2O8. The van der Waals surface area contributed by atoms with Gasteiger partial charge in [-0.2, -0.15) is 0 Å². The van der Waals surface area contributed by atoms with Crippen molar-refractivity contribution in [3.63, 3.8) is 0 Å². The first-order valence-electron chi connectivity index (χ1n) is 13.1. The van der Waals surface area contributed by atoms with E-state index in [0.29, 0.717) is 13.2 Å². The number of carbonyl (C=O) groups is 2. The third-order valence-corrected chi connectivity index (χ3v) is 6.69. The molecular weight excluding hydrogens is 480 g/mol. The van der Waals surface area contributed by atoms with E-state index >= 15 is 0 Å². The molecule has 0 saturated carbocycles. The molecule has 0 aliphatic carbocycles. The lowest BCUT2D eigenvalue weighted by Gasteiger charge is -2.33. The first kappa shape index (κ1) is 29.0. The van der Waals surface area contributed by atoms with Crippen LogP contribution in [0.5, 0.6) is 5.75 Å². The number of rotatable bonds is 10. The van der Waals surface area contributed by atoms with Gasteiger partial charge < -0.3 is 39.4 Å². The molecule has 2 saturated heterocycles. The Morgan fingerprint density at radius 3 is 2.54 bits per heavy atom. The summed E-state index contributed by atoms with van der Waals surface area (Å²) in [5, 5.41) is 23.7. The molecule has 2 aliphatic rings. The van der Waals surface area contributed by atoms with E-state index in [9.17, 15) is 19.8 Å². The zero-order valence-electron chi connectivity index (χ0n) is 22.5. The number of aliphatic hydroxyl groups excluding tert-OH is 1. The van der Waals surface area contributed by atoms with Gasteiger partial charge in [-0.1, -0.05) is 32.4 Å². The number of ether oxygens (including phenoxy) is 4. The zero-order valence-corrected chi connectivity index (χ0v) is 22.5. The summed E-state index contributed by atoms with van der Waals surface area (Å²) in [5.41, 5.74) is 0.107. The van der Waals surface area contributed by atoms with Crippen molar-refractivity contribution in [1.82, 2.24) is 10.2 Å². The first-order valence-corrected chi connectivity index (χ1v) is 13.1. The highest BCUT2D eigenvalue weighted by molar-refractivity contribution is 5.69. The second kappa shape index (κ2) is 12.8. The molecule has 37 heavy (non-hydrogen) atoms. The summed E-state index contributed by atoms with van der Waals surface area (Å²) in [7, 11) is 0. The summed E-state index contributed by atoms with van der Waals surface area (Å²) in [5.74, 6) is 0.300. The highest BCUT2D eigenvalue weighted by Crippen LogP contribution is 2.33. The van der Waals surface area contributed by atoms with Crippen LogP contribution in [0.1, 0.15) is 53.0 Å². The summed E-state index contributed by atoms with van der Waals surface area (Å²) in [4.78, 5) is 27.3. The lowest BCUT2D eigenvalue weighted by Crippen LogP contribution is -2.52. The first-order chi connectivity index (χ1) is 17.4. The minimum absolute atomic E-state index is 0.00980. The average Bonchev–Trinajstić information content (AvgIpc) is 3.43. The summed E-state index contributed by atoms with van der Waals surface area (Å²) in [6, 6.07) is 5.76. The van der Waals surface area contributed by atoms with Crippen molar-refractivity contribution in [2.24, 2.45) is 11.8 Å². The Kier molecular flexibility index (Phi) is 10.0. The molecule has 0 aromatic heterocycles. The lowest BCUT2D eigenvalue weighted by molar-refractivity contribution is -0.0907. The van der Waals surface area contributed by atoms with E-state index in [1.807, 2.05) is 13.8 Å². The molecule has 10 heteroatoms. The smallest absolute Gasteiger partial charge is 0.410 e. The number of hydrogen-bond acceptors (Lipinski definition) is 8. The van der Waals surface area contributed by atoms with Crippen molar-refractivity contribution in [3.8, 4) is 5.75 Å². The second-order valence-electron chi connectivity index (χ2n) is 11.1. The maximum absolute atomic E-state index is 12.9. The van der Waals surface area contributed by atoms with Gasteiger partial charge in [-0.25, -0.2) is 9.59 Å². The fraction of sp³-hybridized carbons (Fsp3) is 0.704. The molecule has 3 N–H and O–H groups in total. The van der Waals surface area contributed by atoms with Crippen LogP contribution in [0.3, 0.4) is 0 Å². The van der Waals surface area contributed by atoms with Crippen LogP contribution in [0.4, 0.5) is 9.59 Å². The minimum Gasteiger partial charge on any atom is -0.508 e. The number of carbonyl (C=O) groups excluding carboxylic acids is 2. The normalized spacial score (nSPS) is 23.6. The number of fused-ring (bicyclic) bond motifs is 1. The van der Waals surface area contributed by atoms with Gasteiger partial charge in [0.25, 0.3) is 0 Å². The molecule has 0 spiro atoms. The fourth-order valence-corrected chi connectivity index (χ4v) is 4.45. The quantitative estimate of drug-likeness (QED) is 0.427. The predicted octanol–water partition coefficient (Wildman–Crippen LogP) is 3.44. The minimum atomic E-state index is -1.11. The van der Waals surface area contributed by atoms with Gasteiger partial charge in [0.1, 0.15) is 17.5 Å². The van der Waals surface area contributed by atoms with E-state index < -0.39 is 36.0 Å². The number of aliphatic hydroxyl groups is 1. The number of nitrogens with one attached hydrogen (secondary N) is 1. The van der Waals surface area contributed by atoms with Gasteiger partial charge in [0.15, 0.2) is 6.29 Å². The molecule has 0 radical (unpaired) electrons. The molecule has 1 aromatic rings. The Morgan fingerprint density at radius 1 is 1.19 bits per heavy atom. The second-order valence-corrected chi connectivity index (χ2v) is 11.1. The Balaban J connectivity index is 1.72. The van der Waals surface area contributed by atoms with Crippen molar-refractivity contribution in [3.05, 3.63) is 29.8 Å². The van der Waals surface area contributed by atoms with Crippen LogP contribution in [0.15, 0.2) is 24.3 Å². The van der Waals surface area contributed by atoms with Crippen LogP contribution >= 0.6 is 0 Å². The lowest BCUT2D eigenvalue weighted by atomic mass is 10.00. The van der Waals surface area contributed by atoms with Gasteiger partial charge in [0.2, 0.25) is 0 Å². The number of hydrogen-bond donors (Lipinski definition) is 3. The summed E-state index contributed by atoms with van der Waals surface area (Å²) in [6.07, 6.45) is -1.21. The Hall–Kier alpha value is -2.56. The van der Waals surface area contributed by atoms with E-state index in [1.54, 1.807) is 45.0 Å². The zero-order chi connectivity index (χ0) is 27.2. The van der Waals surface area contributed by atoms with Crippen molar-refractivity contribution in [2.45, 2.75) is 84.0 Å². The number of phenols is 1.